The summed E-state index contributed by atoms with van der Waals surface area (Å²) in [5, 5.41) is 10.4. The number of aliphatic imine (C=N–C) groups is 1. The Bertz CT molecular complexity index is 754. The zero-order valence-electron chi connectivity index (χ0n) is 16.6. The molecule has 0 aromatic heterocycles. The van der Waals surface area contributed by atoms with E-state index in [1.807, 2.05) is 0 Å². The van der Waals surface area contributed by atoms with Gasteiger partial charge in [0.1, 0.15) is 18.8 Å². The van der Waals surface area contributed by atoms with Crippen LogP contribution in [0.1, 0.15) is 20.8 Å². The zero-order valence-corrected chi connectivity index (χ0v) is 16.6. The second kappa shape index (κ2) is 8.85. The molecule has 0 saturated carbocycles. The van der Waals surface area contributed by atoms with E-state index in [-0.39, 0.29) is 18.4 Å². The van der Waals surface area contributed by atoms with Crippen LogP contribution in [0.5, 0.6) is 0 Å². The largest absolute Gasteiger partial charge is 0.509 e. The number of aliphatic hydroxyl groups is 1. The van der Waals surface area contributed by atoms with Crippen LogP contribution >= 0.6 is 0 Å². The standard InChI is InChI=1S/C17H24N4O9/c1-7(2)14(22)30-20-10-4-5-21(16(24)19-10)13-12-11(28-17(25)29-12)9(27-13)6-26-15(23)8(3)18/h4-5,7-9,11-13,16,24H,6,18H2,1-3H3,(H,19,20)/t8-,9-,11-,12-,13-,16?/m1/s1. The maximum Gasteiger partial charge on any atom is 0.509 e. The second-order valence-corrected chi connectivity index (χ2v) is 7.20. The molecule has 0 radical (unpaired) electrons. The van der Waals surface area contributed by atoms with Gasteiger partial charge in [0.2, 0.25) is 6.35 Å². The lowest BCUT2D eigenvalue weighted by Gasteiger charge is -2.33. The van der Waals surface area contributed by atoms with E-state index >= 15 is 0 Å². The molecule has 2 fully saturated rings. The Hall–Kier alpha value is -2.90. The number of nitrogens with two attached hydrogens (primary N) is 1. The summed E-state index contributed by atoms with van der Waals surface area (Å²) in [7, 11) is 0. The fourth-order valence-corrected chi connectivity index (χ4v) is 2.86. The first-order chi connectivity index (χ1) is 14.2. The molecule has 0 aromatic carbocycles. The highest BCUT2D eigenvalue weighted by Gasteiger charge is 2.57. The number of nitrogens with zero attached hydrogens (tertiary/aromatic N) is 2. The minimum atomic E-state index is -1.44. The molecule has 30 heavy (non-hydrogen) atoms. The average molecular weight is 428 g/mol. The molecular weight excluding hydrogens is 404 g/mol. The molecule has 3 rings (SSSR count). The minimum absolute atomic E-state index is 0.101. The number of carbonyl (C=O) groups is 3. The van der Waals surface area contributed by atoms with Crippen molar-refractivity contribution in [3.05, 3.63) is 12.3 Å². The van der Waals surface area contributed by atoms with E-state index in [0.29, 0.717) is 0 Å². The number of nitrogens with one attached hydrogen (secondary N) is 1. The maximum absolute atomic E-state index is 11.6. The van der Waals surface area contributed by atoms with Gasteiger partial charge < -0.3 is 39.5 Å². The van der Waals surface area contributed by atoms with Crippen molar-refractivity contribution < 1.29 is 43.3 Å². The number of hydroxylamine groups is 1. The Morgan fingerprint density at radius 1 is 1.30 bits per heavy atom. The highest BCUT2D eigenvalue weighted by Crippen LogP contribution is 2.35. The third-order valence-electron chi connectivity index (χ3n) is 4.46. The van der Waals surface area contributed by atoms with Crippen molar-refractivity contribution in [3.8, 4) is 0 Å². The van der Waals surface area contributed by atoms with Crippen molar-refractivity contribution in [1.82, 2.24) is 10.4 Å². The summed E-state index contributed by atoms with van der Waals surface area (Å²) >= 11 is 0. The first-order valence-electron chi connectivity index (χ1n) is 9.30. The smallest absolute Gasteiger partial charge is 0.462 e. The zero-order chi connectivity index (χ0) is 22.0. The number of amidine groups is 1. The van der Waals surface area contributed by atoms with Crippen LogP contribution in [0.25, 0.3) is 0 Å². The van der Waals surface area contributed by atoms with E-state index in [9.17, 15) is 19.5 Å². The number of aliphatic hydroxyl groups excluding tert-OH is 1. The summed E-state index contributed by atoms with van der Waals surface area (Å²) in [5.74, 6) is -1.38. The summed E-state index contributed by atoms with van der Waals surface area (Å²) in [6.45, 7) is 4.59. The Kier molecular flexibility index (Phi) is 6.43. The summed E-state index contributed by atoms with van der Waals surface area (Å²) in [6.07, 6.45) is -3.01. The van der Waals surface area contributed by atoms with Crippen LogP contribution in [-0.2, 0) is 33.4 Å². The van der Waals surface area contributed by atoms with Gasteiger partial charge in [-0.1, -0.05) is 13.8 Å². The number of hydrogen-bond donors (Lipinski definition) is 3. The lowest BCUT2D eigenvalue weighted by atomic mass is 10.1. The molecule has 0 bridgehead atoms. The van der Waals surface area contributed by atoms with E-state index in [0.717, 1.165) is 0 Å². The van der Waals surface area contributed by atoms with Gasteiger partial charge >= 0.3 is 18.1 Å². The molecule has 166 valence electrons. The maximum atomic E-state index is 11.6. The third-order valence-corrected chi connectivity index (χ3v) is 4.46. The lowest BCUT2D eigenvalue weighted by molar-refractivity contribution is -0.159. The van der Waals surface area contributed by atoms with E-state index in [1.165, 1.54) is 24.1 Å². The minimum Gasteiger partial charge on any atom is -0.462 e. The van der Waals surface area contributed by atoms with E-state index in [4.69, 9.17) is 29.5 Å². The van der Waals surface area contributed by atoms with Gasteiger partial charge in [-0.3, -0.25) is 4.79 Å². The fraction of sp³-hybridized carbons (Fsp3) is 0.647. The van der Waals surface area contributed by atoms with Crippen LogP contribution in [0.3, 0.4) is 0 Å². The number of carbonyl (C=O) groups excluding carboxylic acids is 3. The predicted octanol–water partition coefficient (Wildman–Crippen LogP) is -1.29. The Labute approximate surface area is 171 Å². The van der Waals surface area contributed by atoms with Gasteiger partial charge in [0, 0.05) is 6.20 Å². The third kappa shape index (κ3) is 4.63. The lowest BCUT2D eigenvalue weighted by Crippen LogP contribution is -2.48. The molecule has 6 atom stereocenters. The molecule has 2 saturated heterocycles. The summed E-state index contributed by atoms with van der Waals surface area (Å²) in [4.78, 5) is 44.8. The monoisotopic (exact) mass is 428 g/mol. The number of esters is 1. The van der Waals surface area contributed by atoms with Crippen LogP contribution in [0.4, 0.5) is 4.79 Å². The van der Waals surface area contributed by atoms with E-state index in [2.05, 4.69) is 10.5 Å². The summed E-state index contributed by atoms with van der Waals surface area (Å²) in [6, 6.07) is -0.822. The molecule has 3 heterocycles. The molecule has 0 spiro atoms. The Balaban J connectivity index is 1.64. The highest BCUT2D eigenvalue weighted by atomic mass is 16.8. The average Bonchev–Trinajstić information content (AvgIpc) is 3.21. The first-order valence-corrected chi connectivity index (χ1v) is 9.30. The van der Waals surface area contributed by atoms with Crippen LogP contribution in [0.15, 0.2) is 17.3 Å². The molecule has 13 nitrogen and oxygen atoms in total. The Morgan fingerprint density at radius 2 is 2.00 bits per heavy atom. The van der Waals surface area contributed by atoms with Crippen molar-refractivity contribution >= 4 is 23.9 Å². The molecule has 0 amide bonds. The molecule has 13 heteroatoms. The van der Waals surface area contributed by atoms with Crippen molar-refractivity contribution in [2.24, 2.45) is 16.6 Å². The van der Waals surface area contributed by atoms with Crippen LogP contribution in [0, 0.1) is 5.92 Å². The number of rotatable bonds is 5. The van der Waals surface area contributed by atoms with Crippen LogP contribution < -0.4 is 11.2 Å². The van der Waals surface area contributed by atoms with E-state index < -0.39 is 55.0 Å². The van der Waals surface area contributed by atoms with Crippen LogP contribution in [-0.4, -0.2) is 77.5 Å². The van der Waals surface area contributed by atoms with Gasteiger partial charge in [0.25, 0.3) is 0 Å². The van der Waals surface area contributed by atoms with Gasteiger partial charge in [-0.25, -0.2) is 20.1 Å². The molecule has 3 aliphatic heterocycles. The fourth-order valence-electron chi connectivity index (χ4n) is 2.86. The highest BCUT2D eigenvalue weighted by molar-refractivity contribution is 5.93. The second-order valence-electron chi connectivity index (χ2n) is 7.20. The van der Waals surface area contributed by atoms with Gasteiger partial charge in [-0.2, -0.15) is 0 Å². The SMILES string of the molecule is CC(C)C(=O)ONC1=NC(O)N([C@@H]2O[C@H](COC(=O)[C@@H](C)N)[C@H]3OC(=O)O[C@H]32)C=C1. The van der Waals surface area contributed by atoms with Crippen LogP contribution in [0.2, 0.25) is 0 Å². The normalized spacial score (nSPS) is 30.9. The van der Waals surface area contributed by atoms with Gasteiger partial charge in [-0.15, -0.1) is 0 Å². The van der Waals surface area contributed by atoms with Crippen molar-refractivity contribution in [3.63, 3.8) is 0 Å². The van der Waals surface area contributed by atoms with Crippen molar-refractivity contribution in [1.29, 1.82) is 0 Å². The molecule has 4 N–H and O–H groups in total. The van der Waals surface area contributed by atoms with Crippen molar-refractivity contribution in [2.45, 2.75) is 57.7 Å². The number of hydrogen-bond acceptors (Lipinski definition) is 13. The van der Waals surface area contributed by atoms with Crippen molar-refractivity contribution in [2.75, 3.05) is 6.61 Å². The van der Waals surface area contributed by atoms with Gasteiger partial charge in [0.15, 0.2) is 24.3 Å². The topological polar surface area (TPSA) is 171 Å². The van der Waals surface area contributed by atoms with E-state index in [1.54, 1.807) is 13.8 Å². The molecule has 0 aliphatic carbocycles. The van der Waals surface area contributed by atoms with Gasteiger partial charge in [-0.05, 0) is 13.0 Å². The first kappa shape index (κ1) is 21.8. The number of fused-ring (bicyclic) bond motifs is 1. The summed E-state index contributed by atoms with van der Waals surface area (Å²) < 4.78 is 21.1. The summed E-state index contributed by atoms with van der Waals surface area (Å²) in [5.41, 5.74) is 7.81. The van der Waals surface area contributed by atoms with Gasteiger partial charge in [0.05, 0.1) is 5.92 Å². The molecule has 0 aromatic rings. The quantitative estimate of drug-likeness (QED) is 0.269. The Morgan fingerprint density at radius 3 is 2.63 bits per heavy atom. The molecular formula is C17H24N4O9. The molecule has 1 unspecified atom stereocenters. The predicted molar refractivity (Wildman–Crippen MR) is 96.9 cm³/mol. The number of ether oxygens (including phenoxy) is 4. The molecule has 3 aliphatic rings.